The third-order valence-corrected chi connectivity index (χ3v) is 4.14. The van der Waals surface area contributed by atoms with Crippen molar-refractivity contribution in [1.29, 1.82) is 0 Å². The number of rotatable bonds is 4. The first-order valence-electron chi connectivity index (χ1n) is 7.07. The Morgan fingerprint density at radius 3 is 2.42 bits per heavy atom. The van der Waals surface area contributed by atoms with E-state index in [4.69, 9.17) is 0 Å². The molecule has 2 rings (SSSR count). The molecule has 1 fully saturated rings. The van der Waals surface area contributed by atoms with E-state index in [2.05, 4.69) is 50.2 Å². The molecule has 1 aromatic carbocycles. The third kappa shape index (κ3) is 3.95. The average Bonchev–Trinajstić information content (AvgIpc) is 2.71. The highest BCUT2D eigenvalue weighted by atomic mass is 35.5. The predicted molar refractivity (Wildman–Crippen MR) is 85.3 cm³/mol. The first-order chi connectivity index (χ1) is 8.61. The number of benzene rings is 1. The lowest BCUT2D eigenvalue weighted by atomic mass is 9.99. The van der Waals surface area contributed by atoms with Gasteiger partial charge in [-0.2, -0.15) is 0 Å². The van der Waals surface area contributed by atoms with E-state index in [1.807, 2.05) is 0 Å². The molecule has 0 spiro atoms. The van der Waals surface area contributed by atoms with E-state index < -0.39 is 0 Å². The first kappa shape index (κ1) is 16.5. The summed E-state index contributed by atoms with van der Waals surface area (Å²) in [6, 6.07) is 5.34. The normalized spacial score (nSPS) is 19.5. The minimum atomic E-state index is 0. The van der Waals surface area contributed by atoms with Crippen LogP contribution in [0.15, 0.2) is 12.1 Å². The van der Waals surface area contributed by atoms with Gasteiger partial charge in [-0.3, -0.25) is 4.90 Å². The van der Waals surface area contributed by atoms with Gasteiger partial charge in [0, 0.05) is 19.1 Å². The van der Waals surface area contributed by atoms with Gasteiger partial charge in [-0.1, -0.05) is 17.7 Å². The summed E-state index contributed by atoms with van der Waals surface area (Å²) in [5, 5.41) is 3.32. The Balaban J connectivity index is 0.00000180. The number of likely N-dealkylation sites (N-methyl/N-ethyl adjacent to an activating group) is 1. The van der Waals surface area contributed by atoms with Crippen LogP contribution >= 0.6 is 12.4 Å². The van der Waals surface area contributed by atoms with Crippen molar-refractivity contribution in [3.63, 3.8) is 0 Å². The Morgan fingerprint density at radius 2 is 1.84 bits per heavy atom. The molecule has 0 saturated carbocycles. The Kier molecular flexibility index (Phi) is 6.31. The minimum Gasteiger partial charge on any atom is -0.318 e. The largest absolute Gasteiger partial charge is 0.318 e. The van der Waals surface area contributed by atoms with Crippen LogP contribution in [0, 0.1) is 20.8 Å². The molecule has 19 heavy (non-hydrogen) atoms. The van der Waals surface area contributed by atoms with Gasteiger partial charge in [-0.15, -0.1) is 12.4 Å². The monoisotopic (exact) mass is 282 g/mol. The summed E-state index contributed by atoms with van der Waals surface area (Å²) in [7, 11) is 2.05. The van der Waals surface area contributed by atoms with Crippen LogP contribution in [0.5, 0.6) is 0 Å². The number of nitrogens with one attached hydrogen (secondary N) is 1. The number of halogens is 1. The van der Waals surface area contributed by atoms with E-state index in [-0.39, 0.29) is 12.4 Å². The molecule has 0 aromatic heterocycles. The molecule has 1 heterocycles. The number of nitrogens with zero attached hydrogens (tertiary/aromatic N) is 1. The van der Waals surface area contributed by atoms with Gasteiger partial charge in [0.2, 0.25) is 0 Å². The molecule has 1 unspecified atom stereocenters. The number of hydrogen-bond donors (Lipinski definition) is 1. The van der Waals surface area contributed by atoms with Crippen molar-refractivity contribution in [3.05, 3.63) is 34.4 Å². The van der Waals surface area contributed by atoms with Crippen molar-refractivity contribution in [2.24, 2.45) is 0 Å². The lowest BCUT2D eigenvalue weighted by Crippen LogP contribution is -2.36. The van der Waals surface area contributed by atoms with E-state index in [0.29, 0.717) is 0 Å². The standard InChI is InChI=1S/C16H26N2.ClH/c1-12-8-13(2)16(14(3)9-12)11-18-7-5-6-15(18)10-17-4;/h8-9,15,17H,5-7,10-11H2,1-4H3;1H. The molecule has 1 aliphatic heterocycles. The molecular formula is C16H27ClN2. The van der Waals surface area contributed by atoms with Gasteiger partial charge in [-0.25, -0.2) is 0 Å². The zero-order valence-corrected chi connectivity index (χ0v) is 13.4. The highest BCUT2D eigenvalue weighted by molar-refractivity contribution is 5.85. The molecule has 1 N–H and O–H groups in total. The molecule has 108 valence electrons. The van der Waals surface area contributed by atoms with E-state index in [9.17, 15) is 0 Å². The fourth-order valence-electron chi connectivity index (χ4n) is 3.23. The lowest BCUT2D eigenvalue weighted by molar-refractivity contribution is 0.241. The van der Waals surface area contributed by atoms with Crippen molar-refractivity contribution >= 4 is 12.4 Å². The first-order valence-corrected chi connectivity index (χ1v) is 7.07. The van der Waals surface area contributed by atoms with Gasteiger partial charge in [0.25, 0.3) is 0 Å². The zero-order chi connectivity index (χ0) is 13.1. The molecule has 1 aliphatic rings. The molecular weight excluding hydrogens is 256 g/mol. The number of aryl methyl sites for hydroxylation is 3. The lowest BCUT2D eigenvalue weighted by Gasteiger charge is -2.26. The minimum absolute atomic E-state index is 0. The molecule has 1 saturated heterocycles. The molecule has 1 atom stereocenters. The van der Waals surface area contributed by atoms with Crippen LogP contribution < -0.4 is 5.32 Å². The van der Waals surface area contributed by atoms with Crippen LogP contribution in [0.3, 0.4) is 0 Å². The van der Waals surface area contributed by atoms with Crippen molar-refractivity contribution in [2.75, 3.05) is 20.1 Å². The fraction of sp³-hybridized carbons (Fsp3) is 0.625. The van der Waals surface area contributed by atoms with Crippen LogP contribution in [-0.2, 0) is 6.54 Å². The molecule has 0 radical (unpaired) electrons. The van der Waals surface area contributed by atoms with E-state index in [1.54, 1.807) is 0 Å². The molecule has 2 nitrogen and oxygen atoms in total. The summed E-state index contributed by atoms with van der Waals surface area (Å²) in [6.45, 7) is 10.2. The SMILES string of the molecule is CNCC1CCCN1Cc1c(C)cc(C)cc1C.Cl. The van der Waals surface area contributed by atoms with Crippen LogP contribution in [0.1, 0.15) is 35.1 Å². The maximum atomic E-state index is 3.32. The van der Waals surface area contributed by atoms with Crippen molar-refractivity contribution in [2.45, 2.75) is 46.2 Å². The Hall–Kier alpha value is -0.570. The van der Waals surface area contributed by atoms with Crippen LogP contribution in [0.4, 0.5) is 0 Å². The molecule has 0 aliphatic carbocycles. The Bertz CT molecular complexity index is 394. The Labute approximate surface area is 124 Å². The summed E-state index contributed by atoms with van der Waals surface area (Å²) < 4.78 is 0. The third-order valence-electron chi connectivity index (χ3n) is 4.14. The summed E-state index contributed by atoms with van der Waals surface area (Å²) in [4.78, 5) is 2.64. The number of hydrogen-bond acceptors (Lipinski definition) is 2. The molecule has 0 amide bonds. The second-order valence-electron chi connectivity index (χ2n) is 5.70. The van der Waals surface area contributed by atoms with E-state index in [0.717, 1.165) is 19.1 Å². The second-order valence-corrected chi connectivity index (χ2v) is 5.70. The quantitative estimate of drug-likeness (QED) is 0.912. The Morgan fingerprint density at radius 1 is 1.21 bits per heavy atom. The highest BCUT2D eigenvalue weighted by Gasteiger charge is 2.24. The topological polar surface area (TPSA) is 15.3 Å². The summed E-state index contributed by atoms with van der Waals surface area (Å²) >= 11 is 0. The van der Waals surface area contributed by atoms with E-state index in [1.165, 1.54) is 41.6 Å². The molecule has 3 heteroatoms. The zero-order valence-electron chi connectivity index (χ0n) is 12.6. The molecule has 0 bridgehead atoms. The van der Waals surface area contributed by atoms with Crippen LogP contribution in [0.25, 0.3) is 0 Å². The summed E-state index contributed by atoms with van der Waals surface area (Å²) in [5.41, 5.74) is 5.80. The average molecular weight is 283 g/mol. The predicted octanol–water partition coefficient (Wildman–Crippen LogP) is 3.22. The summed E-state index contributed by atoms with van der Waals surface area (Å²) in [5.74, 6) is 0. The summed E-state index contributed by atoms with van der Waals surface area (Å²) in [6.07, 6.45) is 2.68. The van der Waals surface area contributed by atoms with Gasteiger partial charge < -0.3 is 5.32 Å². The van der Waals surface area contributed by atoms with Gasteiger partial charge in [0.05, 0.1) is 0 Å². The highest BCUT2D eigenvalue weighted by Crippen LogP contribution is 2.23. The van der Waals surface area contributed by atoms with Crippen LogP contribution in [0.2, 0.25) is 0 Å². The van der Waals surface area contributed by atoms with Crippen molar-refractivity contribution in [3.8, 4) is 0 Å². The van der Waals surface area contributed by atoms with Gasteiger partial charge in [-0.05, 0) is 63.9 Å². The van der Waals surface area contributed by atoms with E-state index >= 15 is 0 Å². The van der Waals surface area contributed by atoms with Crippen LogP contribution in [-0.4, -0.2) is 31.1 Å². The maximum Gasteiger partial charge on any atom is 0.0242 e. The van der Waals surface area contributed by atoms with Crippen molar-refractivity contribution < 1.29 is 0 Å². The van der Waals surface area contributed by atoms with Gasteiger partial charge >= 0.3 is 0 Å². The second kappa shape index (κ2) is 7.28. The smallest absolute Gasteiger partial charge is 0.0242 e. The fourth-order valence-corrected chi connectivity index (χ4v) is 3.23. The van der Waals surface area contributed by atoms with Gasteiger partial charge in [0.1, 0.15) is 0 Å². The maximum absolute atomic E-state index is 3.32. The molecule has 1 aromatic rings. The van der Waals surface area contributed by atoms with Crippen molar-refractivity contribution in [1.82, 2.24) is 10.2 Å². The number of likely N-dealkylation sites (tertiary alicyclic amines) is 1. The van der Waals surface area contributed by atoms with Gasteiger partial charge in [0.15, 0.2) is 0 Å².